The van der Waals surface area contributed by atoms with E-state index in [9.17, 15) is 35.9 Å². The number of methoxy groups -OCH3 is 1. The van der Waals surface area contributed by atoms with Crippen molar-refractivity contribution in [1.29, 1.82) is 0 Å². The zero-order valence-electron chi connectivity index (χ0n) is 15.8. The van der Waals surface area contributed by atoms with Gasteiger partial charge in [0.2, 0.25) is 5.91 Å². The Bertz CT molecular complexity index is 900. The molecule has 0 aromatic heterocycles. The number of alkyl halides is 6. The summed E-state index contributed by atoms with van der Waals surface area (Å²) >= 11 is 0. The Morgan fingerprint density at radius 1 is 0.903 bits per heavy atom. The average Bonchev–Trinajstić information content (AvgIpc) is 2.67. The Morgan fingerprint density at radius 3 is 1.97 bits per heavy atom. The van der Waals surface area contributed by atoms with Crippen LogP contribution < -0.4 is 15.4 Å². The summed E-state index contributed by atoms with van der Waals surface area (Å²) in [6.45, 7) is 0. The first-order valence-electron chi connectivity index (χ1n) is 8.50. The topological polar surface area (TPSA) is 76.7 Å². The van der Waals surface area contributed by atoms with E-state index in [0.717, 1.165) is 24.3 Å². The number of anilines is 1. The SMILES string of the molecule is COC(=O)[C@@](NC(=O)Cc1ccccc1)(Nc1ccc(OC(F)(F)F)cc1)C(F)(F)F. The van der Waals surface area contributed by atoms with Gasteiger partial charge in [-0.25, -0.2) is 4.79 Å². The fourth-order valence-electron chi connectivity index (χ4n) is 2.53. The Kier molecular flexibility index (Phi) is 7.03. The van der Waals surface area contributed by atoms with Crippen molar-refractivity contribution in [2.24, 2.45) is 0 Å². The van der Waals surface area contributed by atoms with Gasteiger partial charge in [0, 0.05) is 5.69 Å². The largest absolute Gasteiger partial charge is 0.573 e. The summed E-state index contributed by atoms with van der Waals surface area (Å²) in [4.78, 5) is 24.4. The van der Waals surface area contributed by atoms with E-state index < -0.39 is 47.9 Å². The molecule has 168 valence electrons. The fraction of sp³-hybridized carbons (Fsp3) is 0.263. The molecule has 0 heterocycles. The third-order valence-electron chi connectivity index (χ3n) is 3.87. The second-order valence-electron chi connectivity index (χ2n) is 6.15. The lowest BCUT2D eigenvalue weighted by molar-refractivity contribution is -0.274. The molecule has 0 fully saturated rings. The molecule has 2 rings (SSSR count). The third-order valence-corrected chi connectivity index (χ3v) is 3.87. The van der Waals surface area contributed by atoms with Gasteiger partial charge in [-0.2, -0.15) is 13.2 Å². The Morgan fingerprint density at radius 2 is 1.48 bits per heavy atom. The van der Waals surface area contributed by atoms with E-state index in [1.54, 1.807) is 23.5 Å². The van der Waals surface area contributed by atoms with Crippen LogP contribution in [-0.4, -0.2) is 37.2 Å². The van der Waals surface area contributed by atoms with Gasteiger partial charge in [0.05, 0.1) is 13.5 Å². The van der Waals surface area contributed by atoms with Crippen molar-refractivity contribution in [3.8, 4) is 5.75 Å². The van der Waals surface area contributed by atoms with E-state index in [4.69, 9.17) is 0 Å². The van der Waals surface area contributed by atoms with Crippen molar-refractivity contribution in [3.05, 3.63) is 60.2 Å². The van der Waals surface area contributed by atoms with Gasteiger partial charge in [0.15, 0.2) is 0 Å². The summed E-state index contributed by atoms with van der Waals surface area (Å²) in [6, 6.07) is 10.9. The first kappa shape index (κ1) is 23.8. The van der Waals surface area contributed by atoms with Crippen LogP contribution in [0.2, 0.25) is 0 Å². The highest BCUT2D eigenvalue weighted by Crippen LogP contribution is 2.34. The summed E-state index contributed by atoms with van der Waals surface area (Å²) in [5.74, 6) is -3.72. The van der Waals surface area contributed by atoms with Crippen molar-refractivity contribution in [1.82, 2.24) is 5.32 Å². The molecule has 0 radical (unpaired) electrons. The second-order valence-corrected chi connectivity index (χ2v) is 6.15. The number of halogens is 6. The number of carbonyl (C=O) groups excluding carboxylic acids is 2. The molecule has 2 aromatic rings. The van der Waals surface area contributed by atoms with Gasteiger partial charge in [-0.3, -0.25) is 4.79 Å². The van der Waals surface area contributed by atoms with Crippen LogP contribution in [0, 0.1) is 0 Å². The summed E-state index contributed by atoms with van der Waals surface area (Å²) in [5, 5.41) is 3.43. The van der Waals surface area contributed by atoms with Crippen LogP contribution >= 0.6 is 0 Å². The molecule has 0 aliphatic heterocycles. The number of carbonyl (C=O) groups is 2. The molecule has 31 heavy (non-hydrogen) atoms. The highest BCUT2D eigenvalue weighted by atomic mass is 19.4. The van der Waals surface area contributed by atoms with Crippen LogP contribution in [0.1, 0.15) is 5.56 Å². The number of hydrogen-bond acceptors (Lipinski definition) is 5. The van der Waals surface area contributed by atoms with E-state index in [1.807, 2.05) is 5.32 Å². The van der Waals surface area contributed by atoms with Crippen LogP contribution in [0.5, 0.6) is 5.75 Å². The lowest BCUT2D eigenvalue weighted by Crippen LogP contribution is -2.69. The standard InChI is InChI=1S/C19H16F6N2O4/c1-30-16(29)17(18(20,21)22,27-15(28)11-12-5-3-2-4-6-12)26-13-7-9-14(10-8-13)31-19(23,24)25/h2-10,26H,11H2,1H3,(H,27,28)/t17-/m0/s1. The molecule has 0 unspecified atom stereocenters. The lowest BCUT2D eigenvalue weighted by Gasteiger charge is -2.35. The number of amides is 1. The molecule has 0 aliphatic rings. The van der Waals surface area contributed by atoms with Gasteiger partial charge in [0.1, 0.15) is 5.75 Å². The summed E-state index contributed by atoms with van der Waals surface area (Å²) in [7, 11) is 0.689. The van der Waals surface area contributed by atoms with Gasteiger partial charge < -0.3 is 20.1 Å². The zero-order valence-corrected chi connectivity index (χ0v) is 15.8. The van der Waals surface area contributed by atoms with Crippen molar-refractivity contribution in [3.63, 3.8) is 0 Å². The molecule has 1 amide bonds. The van der Waals surface area contributed by atoms with Crippen LogP contribution in [0.4, 0.5) is 32.0 Å². The van der Waals surface area contributed by atoms with Crippen molar-refractivity contribution in [2.45, 2.75) is 24.6 Å². The monoisotopic (exact) mass is 450 g/mol. The molecule has 1 atom stereocenters. The highest BCUT2D eigenvalue weighted by Gasteiger charge is 2.63. The maximum absolute atomic E-state index is 13.9. The number of ether oxygens (including phenoxy) is 2. The van der Waals surface area contributed by atoms with Crippen molar-refractivity contribution in [2.75, 3.05) is 12.4 Å². The Labute approximate surface area is 172 Å². The normalized spacial score (nSPS) is 13.6. The van der Waals surface area contributed by atoms with Gasteiger partial charge >= 0.3 is 24.2 Å². The van der Waals surface area contributed by atoms with E-state index in [1.165, 1.54) is 12.1 Å². The number of hydrogen-bond donors (Lipinski definition) is 2. The number of nitrogens with one attached hydrogen (secondary N) is 2. The molecule has 0 saturated carbocycles. The van der Waals surface area contributed by atoms with E-state index in [-0.39, 0.29) is 0 Å². The second kappa shape index (κ2) is 9.14. The van der Waals surface area contributed by atoms with Gasteiger partial charge in [0.25, 0.3) is 0 Å². The van der Waals surface area contributed by atoms with E-state index >= 15 is 0 Å². The zero-order chi connectivity index (χ0) is 23.3. The molecule has 2 aromatic carbocycles. The van der Waals surface area contributed by atoms with Crippen LogP contribution in [0.25, 0.3) is 0 Å². The minimum atomic E-state index is -5.38. The number of benzene rings is 2. The summed E-state index contributed by atoms with van der Waals surface area (Å²) in [6.07, 6.45) is -10.9. The quantitative estimate of drug-likeness (QED) is 0.382. The predicted molar refractivity (Wildman–Crippen MR) is 95.8 cm³/mol. The summed E-state index contributed by atoms with van der Waals surface area (Å²) in [5.41, 5.74) is -3.74. The molecule has 0 aliphatic carbocycles. The smallest absolute Gasteiger partial charge is 0.466 e. The fourth-order valence-corrected chi connectivity index (χ4v) is 2.53. The van der Waals surface area contributed by atoms with Gasteiger partial charge in [-0.05, 0) is 29.8 Å². The summed E-state index contributed by atoms with van der Waals surface area (Å²) < 4.78 is 86.5. The van der Waals surface area contributed by atoms with Crippen LogP contribution in [0.15, 0.2) is 54.6 Å². The van der Waals surface area contributed by atoms with Crippen LogP contribution in [-0.2, 0) is 20.7 Å². The third kappa shape index (κ3) is 6.27. The van der Waals surface area contributed by atoms with Gasteiger partial charge in [-0.1, -0.05) is 30.3 Å². The molecule has 0 saturated heterocycles. The van der Waals surface area contributed by atoms with Crippen LogP contribution in [0.3, 0.4) is 0 Å². The molecular formula is C19H16F6N2O4. The molecule has 6 nitrogen and oxygen atoms in total. The first-order valence-corrected chi connectivity index (χ1v) is 8.50. The molecular weight excluding hydrogens is 434 g/mol. The number of esters is 1. The average molecular weight is 450 g/mol. The minimum Gasteiger partial charge on any atom is -0.466 e. The molecule has 2 N–H and O–H groups in total. The van der Waals surface area contributed by atoms with Crippen molar-refractivity contribution >= 4 is 17.6 Å². The van der Waals surface area contributed by atoms with E-state index in [2.05, 4.69) is 9.47 Å². The number of rotatable bonds is 7. The van der Waals surface area contributed by atoms with Gasteiger partial charge in [-0.15, -0.1) is 13.2 Å². The first-order chi connectivity index (χ1) is 14.4. The maximum Gasteiger partial charge on any atom is 0.573 e. The maximum atomic E-state index is 13.9. The molecule has 12 heteroatoms. The molecule has 0 spiro atoms. The Balaban J connectivity index is 2.33. The predicted octanol–water partition coefficient (Wildman–Crippen LogP) is 3.79. The lowest BCUT2D eigenvalue weighted by atomic mass is 10.1. The highest BCUT2D eigenvalue weighted by molar-refractivity contribution is 5.92. The van der Waals surface area contributed by atoms with Crippen molar-refractivity contribution < 1.29 is 45.4 Å². The minimum absolute atomic E-state index is 0.384. The molecule has 0 bridgehead atoms. The van der Waals surface area contributed by atoms with E-state index in [0.29, 0.717) is 12.7 Å². The Hall–Kier alpha value is -3.44.